The van der Waals surface area contributed by atoms with E-state index in [-0.39, 0.29) is 11.8 Å². The maximum absolute atomic E-state index is 12.5. The predicted octanol–water partition coefficient (Wildman–Crippen LogP) is 0.571. The number of piperidine rings is 1. The molecule has 1 saturated heterocycles. The van der Waals surface area contributed by atoms with Gasteiger partial charge in [0, 0.05) is 32.0 Å². The lowest BCUT2D eigenvalue weighted by molar-refractivity contribution is -0.136. The summed E-state index contributed by atoms with van der Waals surface area (Å²) in [7, 11) is 1.88. The van der Waals surface area contributed by atoms with Crippen molar-refractivity contribution in [1.82, 2.24) is 25.0 Å². The Morgan fingerprint density at radius 2 is 2.35 bits per heavy atom. The van der Waals surface area contributed by atoms with Crippen LogP contribution in [0.3, 0.4) is 0 Å². The van der Waals surface area contributed by atoms with Gasteiger partial charge in [-0.25, -0.2) is 0 Å². The van der Waals surface area contributed by atoms with Gasteiger partial charge < -0.3 is 14.8 Å². The first-order valence-electron chi connectivity index (χ1n) is 7.54. The highest BCUT2D eigenvalue weighted by Crippen LogP contribution is 2.20. The molecule has 2 unspecified atom stereocenters. The van der Waals surface area contributed by atoms with Gasteiger partial charge in [0.05, 0.1) is 6.54 Å². The van der Waals surface area contributed by atoms with Crippen LogP contribution in [0.4, 0.5) is 0 Å². The van der Waals surface area contributed by atoms with Crippen LogP contribution in [-0.2, 0) is 24.3 Å². The number of aromatic nitrogens is 3. The van der Waals surface area contributed by atoms with E-state index in [0.29, 0.717) is 12.6 Å². The third-order valence-corrected chi connectivity index (χ3v) is 4.41. The molecule has 1 aromatic rings. The predicted molar refractivity (Wildman–Crippen MR) is 75.0 cm³/mol. The number of rotatable bonds is 3. The molecule has 6 nitrogen and oxygen atoms in total. The van der Waals surface area contributed by atoms with E-state index in [4.69, 9.17) is 0 Å². The molecule has 0 spiro atoms. The highest BCUT2D eigenvalue weighted by molar-refractivity contribution is 5.78. The van der Waals surface area contributed by atoms with Gasteiger partial charge in [0.25, 0.3) is 0 Å². The lowest BCUT2D eigenvalue weighted by Gasteiger charge is -2.30. The summed E-state index contributed by atoms with van der Waals surface area (Å²) in [4.78, 5) is 14.3. The Kier molecular flexibility index (Phi) is 3.74. The summed E-state index contributed by atoms with van der Waals surface area (Å²) >= 11 is 0. The van der Waals surface area contributed by atoms with Crippen molar-refractivity contribution in [3.63, 3.8) is 0 Å². The van der Waals surface area contributed by atoms with Gasteiger partial charge in [-0.15, -0.1) is 10.2 Å². The zero-order chi connectivity index (χ0) is 14.1. The summed E-state index contributed by atoms with van der Waals surface area (Å²) in [6.07, 6.45) is 4.02. The SMILES string of the molecule is CC1CC(C(=O)N(C)Cc2nnc3n2CCC3)CCN1. The summed E-state index contributed by atoms with van der Waals surface area (Å²) in [6.45, 7) is 4.64. The number of fused-ring (bicyclic) bond motifs is 1. The van der Waals surface area contributed by atoms with Gasteiger partial charge in [0.15, 0.2) is 5.82 Å². The largest absolute Gasteiger partial charge is 0.338 e. The summed E-state index contributed by atoms with van der Waals surface area (Å²) in [5.41, 5.74) is 0. The van der Waals surface area contributed by atoms with Gasteiger partial charge in [-0.3, -0.25) is 4.79 Å². The Labute approximate surface area is 119 Å². The van der Waals surface area contributed by atoms with Crippen LogP contribution in [0.15, 0.2) is 0 Å². The van der Waals surface area contributed by atoms with Crippen molar-refractivity contribution in [2.45, 2.75) is 51.7 Å². The Hall–Kier alpha value is -1.43. The van der Waals surface area contributed by atoms with Gasteiger partial charge in [-0.2, -0.15) is 0 Å². The van der Waals surface area contributed by atoms with Gasteiger partial charge in [-0.05, 0) is 32.7 Å². The van der Waals surface area contributed by atoms with Crippen LogP contribution in [0.5, 0.6) is 0 Å². The fraction of sp³-hybridized carbons (Fsp3) is 0.786. The van der Waals surface area contributed by atoms with Crippen molar-refractivity contribution in [3.05, 3.63) is 11.6 Å². The van der Waals surface area contributed by atoms with E-state index in [0.717, 1.165) is 50.4 Å². The molecule has 0 saturated carbocycles. The highest BCUT2D eigenvalue weighted by atomic mass is 16.2. The highest BCUT2D eigenvalue weighted by Gasteiger charge is 2.28. The van der Waals surface area contributed by atoms with Crippen LogP contribution >= 0.6 is 0 Å². The Balaban J connectivity index is 1.63. The smallest absolute Gasteiger partial charge is 0.225 e. The number of carbonyl (C=O) groups excluding carboxylic acids is 1. The number of carbonyl (C=O) groups is 1. The molecule has 1 amide bonds. The number of nitrogens with one attached hydrogen (secondary N) is 1. The molecule has 2 aliphatic heterocycles. The van der Waals surface area contributed by atoms with Gasteiger partial charge in [-0.1, -0.05) is 0 Å². The van der Waals surface area contributed by atoms with Crippen molar-refractivity contribution in [2.75, 3.05) is 13.6 Å². The minimum Gasteiger partial charge on any atom is -0.338 e. The summed E-state index contributed by atoms with van der Waals surface area (Å²) < 4.78 is 2.16. The minimum absolute atomic E-state index is 0.150. The number of aryl methyl sites for hydroxylation is 1. The van der Waals surface area contributed by atoms with Gasteiger partial charge in [0.2, 0.25) is 5.91 Å². The van der Waals surface area contributed by atoms with Crippen LogP contribution in [0.2, 0.25) is 0 Å². The summed E-state index contributed by atoms with van der Waals surface area (Å²) in [6, 6.07) is 0.434. The number of amides is 1. The Morgan fingerprint density at radius 3 is 3.15 bits per heavy atom. The van der Waals surface area contributed by atoms with Crippen molar-refractivity contribution in [2.24, 2.45) is 5.92 Å². The standard InChI is InChI=1S/C14H23N5O/c1-10-8-11(5-6-15-10)14(20)18(2)9-13-17-16-12-4-3-7-19(12)13/h10-11,15H,3-9H2,1-2H3. The molecule has 0 aliphatic carbocycles. The Morgan fingerprint density at radius 1 is 1.50 bits per heavy atom. The molecule has 1 fully saturated rings. The van der Waals surface area contributed by atoms with Crippen molar-refractivity contribution < 1.29 is 4.79 Å². The molecule has 110 valence electrons. The first-order valence-corrected chi connectivity index (χ1v) is 7.54. The number of nitrogens with zero attached hydrogens (tertiary/aromatic N) is 4. The number of hydrogen-bond donors (Lipinski definition) is 1. The molecule has 2 atom stereocenters. The van der Waals surface area contributed by atoms with E-state index in [1.165, 1.54) is 0 Å². The van der Waals surface area contributed by atoms with Crippen LogP contribution in [0.1, 0.15) is 37.8 Å². The van der Waals surface area contributed by atoms with Crippen molar-refractivity contribution in [1.29, 1.82) is 0 Å². The average molecular weight is 277 g/mol. The molecule has 1 aromatic heterocycles. The lowest BCUT2D eigenvalue weighted by atomic mass is 9.92. The normalized spacial score (nSPS) is 25.5. The van der Waals surface area contributed by atoms with Crippen LogP contribution in [0, 0.1) is 5.92 Å². The molecule has 0 radical (unpaired) electrons. The van der Waals surface area contributed by atoms with E-state index in [1.807, 2.05) is 11.9 Å². The van der Waals surface area contributed by atoms with E-state index < -0.39 is 0 Å². The minimum atomic E-state index is 0.150. The molecule has 3 rings (SSSR count). The molecule has 1 N–H and O–H groups in total. The van der Waals surface area contributed by atoms with Crippen molar-refractivity contribution >= 4 is 5.91 Å². The second kappa shape index (κ2) is 5.52. The number of hydrogen-bond acceptors (Lipinski definition) is 4. The summed E-state index contributed by atoms with van der Waals surface area (Å²) in [5, 5.41) is 11.8. The lowest BCUT2D eigenvalue weighted by Crippen LogP contribution is -2.43. The third kappa shape index (κ3) is 2.57. The second-order valence-electron chi connectivity index (χ2n) is 6.06. The molecule has 0 aromatic carbocycles. The topological polar surface area (TPSA) is 63.1 Å². The molecule has 20 heavy (non-hydrogen) atoms. The van der Waals surface area contributed by atoms with E-state index in [1.54, 1.807) is 0 Å². The van der Waals surface area contributed by atoms with Gasteiger partial charge >= 0.3 is 0 Å². The van der Waals surface area contributed by atoms with Crippen LogP contribution in [0.25, 0.3) is 0 Å². The Bertz CT molecular complexity index is 498. The van der Waals surface area contributed by atoms with Crippen LogP contribution in [-0.4, -0.2) is 45.2 Å². The van der Waals surface area contributed by atoms with E-state index in [2.05, 4.69) is 27.0 Å². The van der Waals surface area contributed by atoms with Gasteiger partial charge in [0.1, 0.15) is 5.82 Å². The van der Waals surface area contributed by atoms with E-state index in [9.17, 15) is 4.79 Å². The molecule has 3 heterocycles. The quantitative estimate of drug-likeness (QED) is 0.877. The van der Waals surface area contributed by atoms with E-state index >= 15 is 0 Å². The summed E-state index contributed by atoms with van der Waals surface area (Å²) in [5.74, 6) is 2.39. The molecule has 0 bridgehead atoms. The third-order valence-electron chi connectivity index (χ3n) is 4.41. The second-order valence-corrected chi connectivity index (χ2v) is 6.06. The van der Waals surface area contributed by atoms with Crippen molar-refractivity contribution in [3.8, 4) is 0 Å². The first kappa shape index (κ1) is 13.5. The molecule has 6 heteroatoms. The average Bonchev–Trinajstić information content (AvgIpc) is 3.03. The monoisotopic (exact) mass is 277 g/mol. The van der Waals surface area contributed by atoms with Crippen LogP contribution < -0.4 is 5.32 Å². The molecule has 2 aliphatic rings. The molecular formula is C14H23N5O. The first-order chi connectivity index (χ1) is 9.65. The zero-order valence-electron chi connectivity index (χ0n) is 12.3. The maximum atomic E-state index is 12.5. The fourth-order valence-corrected chi connectivity index (χ4v) is 3.29. The maximum Gasteiger partial charge on any atom is 0.225 e. The zero-order valence-corrected chi connectivity index (χ0v) is 12.3. The molecular weight excluding hydrogens is 254 g/mol. The fourth-order valence-electron chi connectivity index (χ4n) is 3.29.